The van der Waals surface area contributed by atoms with Crippen LogP contribution in [0.15, 0.2) is 36.7 Å². The van der Waals surface area contributed by atoms with Crippen LogP contribution in [0.25, 0.3) is 0 Å². The molecule has 1 amide bonds. The molecule has 2 N–H and O–H groups in total. The largest absolute Gasteiger partial charge is 0.341 e. The number of H-pyrrole nitrogens is 1. The molecule has 1 heterocycles. The van der Waals surface area contributed by atoms with Gasteiger partial charge >= 0.3 is 0 Å². The number of rotatable bonds is 2. The standard InChI is InChI=1S/C14H17N3O/c1-14(2,3)10-6-4-5-7-11(10)17-13(18)12-15-8-9-16-12/h4-9H,1-3H3,(H,15,16)(H,17,18). The highest BCUT2D eigenvalue weighted by atomic mass is 16.2. The number of imidazole rings is 1. The van der Waals surface area contributed by atoms with Crippen molar-refractivity contribution in [1.82, 2.24) is 9.97 Å². The Bertz CT molecular complexity index is 538. The zero-order chi connectivity index (χ0) is 13.2. The highest BCUT2D eigenvalue weighted by molar-refractivity contribution is 6.02. The van der Waals surface area contributed by atoms with Gasteiger partial charge in [-0.2, -0.15) is 0 Å². The van der Waals surface area contributed by atoms with Crippen molar-refractivity contribution >= 4 is 11.6 Å². The van der Waals surface area contributed by atoms with Crippen LogP contribution in [0.3, 0.4) is 0 Å². The molecule has 1 aromatic carbocycles. The summed E-state index contributed by atoms with van der Waals surface area (Å²) in [5, 5.41) is 2.89. The molecular formula is C14H17N3O. The minimum absolute atomic E-state index is 0.0208. The normalized spacial score (nSPS) is 11.3. The van der Waals surface area contributed by atoms with Crippen molar-refractivity contribution in [1.29, 1.82) is 0 Å². The predicted octanol–water partition coefficient (Wildman–Crippen LogP) is 2.96. The quantitative estimate of drug-likeness (QED) is 0.852. The van der Waals surface area contributed by atoms with Gasteiger partial charge in [-0.25, -0.2) is 4.98 Å². The fourth-order valence-corrected chi connectivity index (χ4v) is 1.82. The average Bonchev–Trinajstić information content (AvgIpc) is 2.81. The number of carbonyl (C=O) groups excluding carboxylic acids is 1. The minimum Gasteiger partial charge on any atom is -0.341 e. The van der Waals surface area contributed by atoms with Gasteiger partial charge in [0.1, 0.15) is 0 Å². The lowest BCUT2D eigenvalue weighted by atomic mass is 9.86. The van der Waals surface area contributed by atoms with Gasteiger partial charge < -0.3 is 10.3 Å². The molecule has 0 aliphatic carbocycles. The Labute approximate surface area is 106 Å². The zero-order valence-corrected chi connectivity index (χ0v) is 10.8. The summed E-state index contributed by atoms with van der Waals surface area (Å²) in [7, 11) is 0. The Morgan fingerprint density at radius 3 is 2.61 bits per heavy atom. The van der Waals surface area contributed by atoms with Crippen molar-refractivity contribution < 1.29 is 4.79 Å². The molecule has 0 aliphatic rings. The molecule has 0 radical (unpaired) electrons. The molecule has 4 heteroatoms. The van der Waals surface area contributed by atoms with Crippen molar-refractivity contribution in [2.24, 2.45) is 0 Å². The van der Waals surface area contributed by atoms with Gasteiger partial charge in [0.2, 0.25) is 0 Å². The number of hydrogen-bond acceptors (Lipinski definition) is 2. The number of anilines is 1. The topological polar surface area (TPSA) is 57.8 Å². The fourth-order valence-electron chi connectivity index (χ4n) is 1.82. The minimum atomic E-state index is -0.225. The molecule has 0 aliphatic heterocycles. The molecule has 2 rings (SSSR count). The first-order chi connectivity index (χ1) is 8.48. The molecular weight excluding hydrogens is 226 g/mol. The van der Waals surface area contributed by atoms with Crippen LogP contribution in [-0.2, 0) is 5.41 Å². The van der Waals surface area contributed by atoms with Crippen LogP contribution in [0.1, 0.15) is 37.0 Å². The summed E-state index contributed by atoms with van der Waals surface area (Å²) in [6.07, 6.45) is 3.19. The molecule has 1 aromatic heterocycles. The van der Waals surface area contributed by atoms with Crippen molar-refractivity contribution in [2.45, 2.75) is 26.2 Å². The molecule has 2 aromatic rings. The maximum Gasteiger partial charge on any atom is 0.291 e. The monoisotopic (exact) mass is 243 g/mol. The number of amides is 1. The molecule has 0 unspecified atom stereocenters. The molecule has 0 atom stereocenters. The third-order valence-corrected chi connectivity index (χ3v) is 2.70. The van der Waals surface area contributed by atoms with Gasteiger partial charge in [0.25, 0.3) is 5.91 Å². The summed E-state index contributed by atoms with van der Waals surface area (Å²) in [6.45, 7) is 6.35. The molecule has 0 bridgehead atoms. The Kier molecular flexibility index (Phi) is 3.19. The number of aromatic amines is 1. The van der Waals surface area contributed by atoms with E-state index >= 15 is 0 Å². The van der Waals surface area contributed by atoms with Gasteiger partial charge in [-0.15, -0.1) is 0 Å². The Hall–Kier alpha value is -2.10. The molecule has 0 saturated carbocycles. The second-order valence-electron chi connectivity index (χ2n) is 5.19. The molecule has 18 heavy (non-hydrogen) atoms. The van der Waals surface area contributed by atoms with E-state index in [2.05, 4.69) is 36.1 Å². The first-order valence-electron chi connectivity index (χ1n) is 5.89. The molecule has 94 valence electrons. The summed E-state index contributed by atoms with van der Waals surface area (Å²) in [6, 6.07) is 7.81. The number of para-hydroxylation sites is 1. The van der Waals surface area contributed by atoms with E-state index in [0.29, 0.717) is 5.82 Å². The lowest BCUT2D eigenvalue weighted by Crippen LogP contribution is -2.19. The van der Waals surface area contributed by atoms with Gasteiger partial charge in [-0.3, -0.25) is 4.79 Å². The van der Waals surface area contributed by atoms with Crippen LogP contribution in [0.2, 0.25) is 0 Å². The maximum atomic E-state index is 11.9. The lowest BCUT2D eigenvalue weighted by molar-refractivity contribution is 0.101. The second kappa shape index (κ2) is 4.64. The zero-order valence-electron chi connectivity index (χ0n) is 10.8. The van der Waals surface area contributed by atoms with E-state index in [0.717, 1.165) is 11.3 Å². The van der Waals surface area contributed by atoms with E-state index in [1.165, 1.54) is 0 Å². The van der Waals surface area contributed by atoms with Crippen LogP contribution >= 0.6 is 0 Å². The smallest absolute Gasteiger partial charge is 0.291 e. The van der Waals surface area contributed by atoms with Gasteiger partial charge in [0, 0.05) is 18.1 Å². The number of nitrogens with one attached hydrogen (secondary N) is 2. The fraction of sp³-hybridized carbons (Fsp3) is 0.286. The predicted molar refractivity (Wildman–Crippen MR) is 71.7 cm³/mol. The Balaban J connectivity index is 2.27. The first kappa shape index (κ1) is 12.4. The Morgan fingerprint density at radius 2 is 2.00 bits per heavy atom. The number of aromatic nitrogens is 2. The van der Waals surface area contributed by atoms with Crippen molar-refractivity contribution in [3.05, 3.63) is 48.0 Å². The van der Waals surface area contributed by atoms with Crippen LogP contribution in [-0.4, -0.2) is 15.9 Å². The van der Waals surface area contributed by atoms with E-state index in [4.69, 9.17) is 0 Å². The molecule has 0 spiro atoms. The SMILES string of the molecule is CC(C)(C)c1ccccc1NC(=O)c1ncc[nH]1. The summed E-state index contributed by atoms with van der Waals surface area (Å²) in [5.74, 6) is 0.0930. The second-order valence-corrected chi connectivity index (χ2v) is 5.19. The van der Waals surface area contributed by atoms with Crippen molar-refractivity contribution in [3.63, 3.8) is 0 Å². The third-order valence-electron chi connectivity index (χ3n) is 2.70. The molecule has 4 nitrogen and oxygen atoms in total. The van der Waals surface area contributed by atoms with Gasteiger partial charge in [0.15, 0.2) is 5.82 Å². The van der Waals surface area contributed by atoms with Crippen molar-refractivity contribution in [2.75, 3.05) is 5.32 Å². The first-order valence-corrected chi connectivity index (χ1v) is 5.89. The van der Waals surface area contributed by atoms with Crippen LogP contribution < -0.4 is 5.32 Å². The van der Waals surface area contributed by atoms with E-state index in [-0.39, 0.29) is 11.3 Å². The number of carbonyl (C=O) groups is 1. The summed E-state index contributed by atoms with van der Waals surface area (Å²) in [5.41, 5.74) is 1.91. The van der Waals surface area contributed by atoms with E-state index in [1.807, 2.05) is 24.3 Å². The summed E-state index contributed by atoms with van der Waals surface area (Å²) < 4.78 is 0. The molecule has 0 fully saturated rings. The van der Waals surface area contributed by atoms with E-state index in [1.54, 1.807) is 12.4 Å². The van der Waals surface area contributed by atoms with E-state index in [9.17, 15) is 4.79 Å². The number of hydrogen-bond donors (Lipinski definition) is 2. The number of benzene rings is 1. The van der Waals surface area contributed by atoms with Gasteiger partial charge in [0.05, 0.1) is 0 Å². The summed E-state index contributed by atoms with van der Waals surface area (Å²) >= 11 is 0. The highest BCUT2D eigenvalue weighted by Crippen LogP contribution is 2.29. The number of nitrogens with zero attached hydrogens (tertiary/aromatic N) is 1. The maximum absolute atomic E-state index is 11.9. The Morgan fingerprint density at radius 1 is 1.28 bits per heavy atom. The van der Waals surface area contributed by atoms with Crippen LogP contribution in [0, 0.1) is 0 Å². The van der Waals surface area contributed by atoms with Gasteiger partial charge in [-0.1, -0.05) is 39.0 Å². The average molecular weight is 243 g/mol. The lowest BCUT2D eigenvalue weighted by Gasteiger charge is -2.22. The van der Waals surface area contributed by atoms with Gasteiger partial charge in [-0.05, 0) is 17.0 Å². The third kappa shape index (κ3) is 2.59. The van der Waals surface area contributed by atoms with Crippen LogP contribution in [0.5, 0.6) is 0 Å². The highest BCUT2D eigenvalue weighted by Gasteiger charge is 2.19. The summed E-state index contributed by atoms with van der Waals surface area (Å²) in [4.78, 5) is 18.7. The van der Waals surface area contributed by atoms with Crippen LogP contribution in [0.4, 0.5) is 5.69 Å². The molecule has 0 saturated heterocycles. The van der Waals surface area contributed by atoms with E-state index < -0.39 is 0 Å². The van der Waals surface area contributed by atoms with Crippen molar-refractivity contribution in [3.8, 4) is 0 Å².